The van der Waals surface area contributed by atoms with Gasteiger partial charge in [-0.15, -0.1) is 11.3 Å². The molecule has 0 bridgehead atoms. The summed E-state index contributed by atoms with van der Waals surface area (Å²) in [5, 5.41) is 16.0. The fraction of sp³-hybridized carbons (Fsp3) is 0.385. The zero-order valence-corrected chi connectivity index (χ0v) is 13.0. The summed E-state index contributed by atoms with van der Waals surface area (Å²) in [4.78, 5) is 38.5. The molecule has 114 valence electrons. The van der Waals surface area contributed by atoms with E-state index in [4.69, 9.17) is 5.11 Å². The predicted molar refractivity (Wildman–Crippen MR) is 77.8 cm³/mol. The molecule has 0 aromatic carbocycles. The van der Waals surface area contributed by atoms with E-state index in [1.54, 1.807) is 25.4 Å². The number of carbonyl (C=O) groups is 3. The Morgan fingerprint density at radius 3 is 2.33 bits per heavy atom. The maximum Gasteiger partial charge on any atom is 0.331 e. The van der Waals surface area contributed by atoms with Crippen molar-refractivity contribution in [1.29, 1.82) is 0 Å². The van der Waals surface area contributed by atoms with E-state index < -0.39 is 23.4 Å². The highest BCUT2D eigenvalue weighted by Gasteiger charge is 2.26. The van der Waals surface area contributed by atoms with E-state index >= 15 is 0 Å². The second-order valence-corrected chi connectivity index (χ2v) is 5.82. The average Bonchev–Trinajstić information content (AvgIpc) is 2.90. The van der Waals surface area contributed by atoms with Crippen LogP contribution >= 0.6 is 11.3 Å². The Balaban J connectivity index is 2.73. The molecule has 0 aliphatic heterocycles. The van der Waals surface area contributed by atoms with Gasteiger partial charge in [0.15, 0.2) is 0 Å². The summed E-state index contributed by atoms with van der Waals surface area (Å²) >= 11 is 1.38. The second-order valence-electron chi connectivity index (χ2n) is 4.93. The molecule has 0 aliphatic rings. The predicted octanol–water partition coefficient (Wildman–Crippen LogP) is 1.62. The normalized spacial score (nSPS) is 12.4. The molecule has 0 atom stereocenters. The lowest BCUT2D eigenvalue weighted by molar-refractivity contribution is -0.133. The lowest BCUT2D eigenvalue weighted by Crippen LogP contribution is -2.48. The van der Waals surface area contributed by atoms with Crippen molar-refractivity contribution in [3.63, 3.8) is 0 Å². The molecule has 0 aliphatic carbocycles. The number of rotatable bonds is 4. The Kier molecular flexibility index (Phi) is 5.20. The summed E-state index contributed by atoms with van der Waals surface area (Å²) in [6.45, 7) is 6.15. The third-order valence-electron chi connectivity index (χ3n) is 2.84. The molecular formula is C13H17N3O4S. The summed E-state index contributed by atoms with van der Waals surface area (Å²) in [7, 11) is 0. The Labute approximate surface area is 126 Å². The SMILES string of the molecule is C/C(C(=O)O)=C(/C)C(=O)NC(=O)NC(C)(C)c1nccs1. The van der Waals surface area contributed by atoms with E-state index in [0.29, 0.717) is 5.01 Å². The van der Waals surface area contributed by atoms with Crippen LogP contribution in [0.5, 0.6) is 0 Å². The van der Waals surface area contributed by atoms with E-state index in [0.717, 1.165) is 0 Å². The summed E-state index contributed by atoms with van der Waals surface area (Å²) in [5.74, 6) is -1.95. The summed E-state index contributed by atoms with van der Waals surface area (Å²) in [6, 6.07) is -0.710. The van der Waals surface area contributed by atoms with E-state index in [-0.39, 0.29) is 11.1 Å². The molecule has 0 saturated heterocycles. The molecule has 1 rings (SSSR count). The lowest BCUT2D eigenvalue weighted by atomic mass is 10.1. The van der Waals surface area contributed by atoms with Crippen molar-refractivity contribution >= 4 is 29.2 Å². The van der Waals surface area contributed by atoms with Crippen LogP contribution in [0.3, 0.4) is 0 Å². The van der Waals surface area contributed by atoms with E-state index in [1.807, 2.05) is 0 Å². The van der Waals surface area contributed by atoms with Gasteiger partial charge in [-0.05, 0) is 27.7 Å². The maximum absolute atomic E-state index is 11.8. The van der Waals surface area contributed by atoms with E-state index in [1.165, 1.54) is 25.2 Å². The average molecular weight is 311 g/mol. The van der Waals surface area contributed by atoms with E-state index in [9.17, 15) is 14.4 Å². The highest BCUT2D eigenvalue weighted by Crippen LogP contribution is 2.21. The highest BCUT2D eigenvalue weighted by atomic mass is 32.1. The van der Waals surface area contributed by atoms with Gasteiger partial charge in [0.25, 0.3) is 5.91 Å². The fourth-order valence-electron chi connectivity index (χ4n) is 1.43. The zero-order chi connectivity index (χ0) is 16.2. The van der Waals surface area contributed by atoms with Crippen molar-refractivity contribution in [3.8, 4) is 0 Å². The molecule has 7 nitrogen and oxygen atoms in total. The van der Waals surface area contributed by atoms with Crippen molar-refractivity contribution in [3.05, 3.63) is 27.7 Å². The minimum absolute atomic E-state index is 0.0234. The number of aromatic nitrogens is 1. The van der Waals surface area contributed by atoms with Gasteiger partial charge in [0.1, 0.15) is 5.01 Å². The Hall–Kier alpha value is -2.22. The van der Waals surface area contributed by atoms with Gasteiger partial charge in [0.2, 0.25) is 0 Å². The number of nitrogens with zero attached hydrogens (tertiary/aromatic N) is 1. The molecule has 3 N–H and O–H groups in total. The number of carbonyl (C=O) groups excluding carboxylic acids is 2. The number of thiazole rings is 1. The number of carboxylic acid groups (broad SMARTS) is 1. The van der Waals surface area contributed by atoms with Gasteiger partial charge in [0.05, 0.1) is 5.54 Å². The standard InChI is InChI=1S/C13H17N3O4S/c1-7(8(2)10(18)19)9(17)15-12(20)16-13(3,4)11-14-5-6-21-11/h5-6H,1-4H3,(H,18,19)(H2,15,16,17,20)/b8-7+. The van der Waals surface area contributed by atoms with Crippen molar-refractivity contribution in [2.45, 2.75) is 33.2 Å². The largest absolute Gasteiger partial charge is 0.478 e. The molecule has 21 heavy (non-hydrogen) atoms. The molecule has 0 saturated carbocycles. The van der Waals surface area contributed by atoms with Crippen LogP contribution in [0.25, 0.3) is 0 Å². The van der Waals surface area contributed by atoms with Crippen LogP contribution in [-0.2, 0) is 15.1 Å². The summed E-state index contributed by atoms with van der Waals surface area (Å²) in [6.07, 6.45) is 1.62. The number of urea groups is 1. The molecule has 0 unspecified atom stereocenters. The molecule has 1 aromatic rings. The van der Waals surface area contributed by atoms with Crippen molar-refractivity contribution < 1.29 is 19.5 Å². The molecule has 8 heteroatoms. The van der Waals surface area contributed by atoms with Crippen molar-refractivity contribution in [2.24, 2.45) is 0 Å². The van der Waals surface area contributed by atoms with Gasteiger partial charge in [-0.25, -0.2) is 14.6 Å². The van der Waals surface area contributed by atoms with Gasteiger partial charge >= 0.3 is 12.0 Å². The molecule has 1 heterocycles. The summed E-state index contributed by atoms with van der Waals surface area (Å²) in [5.41, 5.74) is -0.873. The number of carboxylic acids is 1. The van der Waals surface area contributed by atoms with Gasteiger partial charge < -0.3 is 10.4 Å². The van der Waals surface area contributed by atoms with E-state index in [2.05, 4.69) is 15.6 Å². The minimum atomic E-state index is -1.20. The number of hydrogen-bond donors (Lipinski definition) is 3. The monoisotopic (exact) mass is 311 g/mol. The Morgan fingerprint density at radius 2 is 1.86 bits per heavy atom. The van der Waals surface area contributed by atoms with Gasteiger partial charge in [0, 0.05) is 22.7 Å². The number of nitrogens with one attached hydrogen (secondary N) is 2. The lowest BCUT2D eigenvalue weighted by Gasteiger charge is -2.23. The van der Waals surface area contributed by atoms with Crippen LogP contribution in [0.1, 0.15) is 32.7 Å². The first kappa shape index (κ1) is 16.8. The van der Waals surface area contributed by atoms with Crippen LogP contribution < -0.4 is 10.6 Å². The molecule has 0 spiro atoms. The first-order valence-electron chi connectivity index (χ1n) is 6.09. The maximum atomic E-state index is 11.8. The van der Waals surface area contributed by atoms with Gasteiger partial charge in [-0.3, -0.25) is 10.1 Å². The van der Waals surface area contributed by atoms with Crippen LogP contribution in [0.2, 0.25) is 0 Å². The topological polar surface area (TPSA) is 108 Å². The second kappa shape index (κ2) is 6.49. The Morgan fingerprint density at radius 1 is 1.24 bits per heavy atom. The van der Waals surface area contributed by atoms with Crippen molar-refractivity contribution in [1.82, 2.24) is 15.6 Å². The number of amides is 3. The number of aliphatic carboxylic acids is 1. The summed E-state index contributed by atoms with van der Waals surface area (Å²) < 4.78 is 0. The van der Waals surface area contributed by atoms with Crippen LogP contribution in [0, 0.1) is 0 Å². The third-order valence-corrected chi connectivity index (χ3v) is 3.94. The molecular weight excluding hydrogens is 294 g/mol. The third kappa shape index (κ3) is 4.38. The first-order chi connectivity index (χ1) is 9.65. The molecule has 1 aromatic heterocycles. The first-order valence-corrected chi connectivity index (χ1v) is 6.97. The fourth-order valence-corrected chi connectivity index (χ4v) is 2.15. The van der Waals surface area contributed by atoms with Gasteiger partial charge in [-0.1, -0.05) is 0 Å². The van der Waals surface area contributed by atoms with Crippen LogP contribution in [0.4, 0.5) is 4.79 Å². The van der Waals surface area contributed by atoms with Crippen LogP contribution in [-0.4, -0.2) is 28.0 Å². The molecule has 0 fully saturated rings. The zero-order valence-electron chi connectivity index (χ0n) is 12.2. The van der Waals surface area contributed by atoms with Gasteiger partial charge in [-0.2, -0.15) is 0 Å². The van der Waals surface area contributed by atoms with Crippen molar-refractivity contribution in [2.75, 3.05) is 0 Å². The molecule has 3 amide bonds. The molecule has 0 radical (unpaired) electrons. The highest BCUT2D eigenvalue weighted by molar-refractivity contribution is 7.09. The quantitative estimate of drug-likeness (QED) is 0.732. The Bertz CT molecular complexity index is 591. The number of hydrogen-bond acceptors (Lipinski definition) is 5. The number of imide groups is 1. The smallest absolute Gasteiger partial charge is 0.331 e. The van der Waals surface area contributed by atoms with Crippen LogP contribution in [0.15, 0.2) is 22.7 Å². The minimum Gasteiger partial charge on any atom is -0.478 e.